The fourth-order valence-corrected chi connectivity index (χ4v) is 2.89. The minimum atomic E-state index is -0.305. The van der Waals surface area contributed by atoms with Crippen molar-refractivity contribution in [1.29, 1.82) is 0 Å². The van der Waals surface area contributed by atoms with Crippen LogP contribution in [0.25, 0.3) is 10.9 Å². The van der Waals surface area contributed by atoms with Gasteiger partial charge in [0.1, 0.15) is 5.75 Å². The zero-order valence-corrected chi connectivity index (χ0v) is 13.5. The summed E-state index contributed by atoms with van der Waals surface area (Å²) in [7, 11) is 1.99. The summed E-state index contributed by atoms with van der Waals surface area (Å²) in [6, 6.07) is 15.8. The third-order valence-corrected chi connectivity index (χ3v) is 4.06. The molecule has 0 aliphatic rings. The van der Waals surface area contributed by atoms with E-state index >= 15 is 0 Å². The standard InChI is InChI=1S/C19H22N2O2/c1-13-6-5-7-15(10-13)23-19-17(11-14(20)12-22)16-8-3-4-9-18(16)21(19)2/h3-10,14,22H,11-12,20H2,1-2H3. The predicted octanol–water partition coefficient (Wildman–Crippen LogP) is 3.14. The molecule has 1 unspecified atom stereocenters. The van der Waals surface area contributed by atoms with Crippen molar-refractivity contribution in [3.63, 3.8) is 0 Å². The average Bonchev–Trinajstić information content (AvgIpc) is 2.81. The zero-order chi connectivity index (χ0) is 16.4. The molecule has 3 N–H and O–H groups in total. The predicted molar refractivity (Wildman–Crippen MR) is 92.9 cm³/mol. The molecule has 0 aliphatic heterocycles. The van der Waals surface area contributed by atoms with Gasteiger partial charge in [0, 0.05) is 24.0 Å². The number of nitrogens with two attached hydrogens (primary N) is 1. The Morgan fingerprint density at radius 1 is 1.17 bits per heavy atom. The molecule has 1 atom stereocenters. The highest BCUT2D eigenvalue weighted by Crippen LogP contribution is 2.35. The number of aliphatic hydroxyl groups is 1. The number of rotatable bonds is 5. The molecule has 0 radical (unpaired) electrons. The highest BCUT2D eigenvalue weighted by molar-refractivity contribution is 5.87. The van der Waals surface area contributed by atoms with Gasteiger partial charge >= 0.3 is 0 Å². The van der Waals surface area contributed by atoms with Crippen molar-refractivity contribution in [3.8, 4) is 11.6 Å². The van der Waals surface area contributed by atoms with Gasteiger partial charge in [0.15, 0.2) is 0 Å². The van der Waals surface area contributed by atoms with Crippen molar-refractivity contribution >= 4 is 10.9 Å². The normalized spacial score (nSPS) is 12.5. The highest BCUT2D eigenvalue weighted by Gasteiger charge is 2.19. The van der Waals surface area contributed by atoms with E-state index in [1.807, 2.05) is 54.9 Å². The topological polar surface area (TPSA) is 60.4 Å². The Labute approximate surface area is 136 Å². The molecule has 120 valence electrons. The fraction of sp³-hybridized carbons (Fsp3) is 0.263. The second-order valence-electron chi connectivity index (χ2n) is 5.93. The lowest BCUT2D eigenvalue weighted by atomic mass is 10.1. The van der Waals surface area contributed by atoms with E-state index in [0.29, 0.717) is 6.42 Å². The lowest BCUT2D eigenvalue weighted by Gasteiger charge is -2.13. The summed E-state index contributed by atoms with van der Waals surface area (Å²) >= 11 is 0. The first-order valence-electron chi connectivity index (χ1n) is 7.77. The van der Waals surface area contributed by atoms with E-state index in [1.165, 1.54) is 0 Å². The summed E-state index contributed by atoms with van der Waals surface area (Å²) < 4.78 is 8.22. The molecule has 3 aromatic rings. The van der Waals surface area contributed by atoms with Gasteiger partial charge in [0.2, 0.25) is 5.88 Å². The van der Waals surface area contributed by atoms with Gasteiger partial charge in [0.05, 0.1) is 12.1 Å². The molecular weight excluding hydrogens is 288 g/mol. The van der Waals surface area contributed by atoms with Gasteiger partial charge in [-0.2, -0.15) is 0 Å². The van der Waals surface area contributed by atoms with Crippen LogP contribution in [-0.4, -0.2) is 22.3 Å². The Morgan fingerprint density at radius 3 is 2.70 bits per heavy atom. The minimum absolute atomic E-state index is 0.0485. The second-order valence-corrected chi connectivity index (χ2v) is 5.93. The molecule has 0 fully saturated rings. The molecule has 0 saturated carbocycles. The summed E-state index contributed by atoms with van der Waals surface area (Å²) in [6.07, 6.45) is 0.568. The number of ether oxygens (including phenoxy) is 1. The molecule has 0 aliphatic carbocycles. The third-order valence-electron chi connectivity index (χ3n) is 4.06. The average molecular weight is 310 g/mol. The molecule has 0 saturated heterocycles. The Kier molecular flexibility index (Phi) is 4.37. The summed E-state index contributed by atoms with van der Waals surface area (Å²) in [5.74, 6) is 1.58. The molecule has 4 heteroatoms. The van der Waals surface area contributed by atoms with Gasteiger partial charge < -0.3 is 20.1 Å². The van der Waals surface area contributed by atoms with Crippen molar-refractivity contribution in [3.05, 3.63) is 59.7 Å². The van der Waals surface area contributed by atoms with Crippen molar-refractivity contribution < 1.29 is 9.84 Å². The molecule has 3 rings (SSSR count). The first-order chi connectivity index (χ1) is 11.1. The third kappa shape index (κ3) is 3.09. The molecular formula is C19H22N2O2. The summed E-state index contributed by atoms with van der Waals surface area (Å²) in [5.41, 5.74) is 9.25. The molecule has 1 heterocycles. The van der Waals surface area contributed by atoms with Gasteiger partial charge in [-0.05, 0) is 37.1 Å². The van der Waals surface area contributed by atoms with E-state index in [1.54, 1.807) is 0 Å². The lowest BCUT2D eigenvalue weighted by molar-refractivity contribution is 0.264. The van der Waals surface area contributed by atoms with Gasteiger partial charge in [0.25, 0.3) is 0 Å². The molecule has 2 aromatic carbocycles. The van der Waals surface area contributed by atoms with Crippen molar-refractivity contribution in [2.45, 2.75) is 19.4 Å². The Morgan fingerprint density at radius 2 is 1.96 bits per heavy atom. The van der Waals surface area contributed by atoms with Crippen LogP contribution in [0, 0.1) is 6.92 Å². The van der Waals surface area contributed by atoms with Crippen LogP contribution in [0.1, 0.15) is 11.1 Å². The van der Waals surface area contributed by atoms with E-state index in [-0.39, 0.29) is 12.6 Å². The van der Waals surface area contributed by atoms with Crippen LogP contribution in [0.5, 0.6) is 11.6 Å². The molecule has 23 heavy (non-hydrogen) atoms. The van der Waals surface area contributed by atoms with Crippen LogP contribution in [0.4, 0.5) is 0 Å². The van der Waals surface area contributed by atoms with Crippen LogP contribution < -0.4 is 10.5 Å². The zero-order valence-electron chi connectivity index (χ0n) is 13.5. The maximum atomic E-state index is 9.32. The van der Waals surface area contributed by atoms with Gasteiger partial charge in [-0.3, -0.25) is 0 Å². The van der Waals surface area contributed by atoms with Gasteiger partial charge in [-0.1, -0.05) is 30.3 Å². The van der Waals surface area contributed by atoms with E-state index in [4.69, 9.17) is 10.5 Å². The van der Waals surface area contributed by atoms with Crippen molar-refractivity contribution in [2.24, 2.45) is 12.8 Å². The van der Waals surface area contributed by atoms with Crippen molar-refractivity contribution in [2.75, 3.05) is 6.61 Å². The summed E-state index contributed by atoms with van der Waals surface area (Å²) in [5, 5.41) is 10.4. The Bertz CT molecular complexity index is 823. The number of hydrogen-bond acceptors (Lipinski definition) is 3. The number of aliphatic hydroxyl groups excluding tert-OH is 1. The van der Waals surface area contributed by atoms with Crippen LogP contribution in [-0.2, 0) is 13.5 Å². The smallest absolute Gasteiger partial charge is 0.204 e. The maximum absolute atomic E-state index is 9.32. The number of aryl methyl sites for hydroxylation is 2. The molecule has 0 amide bonds. The number of benzene rings is 2. The number of fused-ring (bicyclic) bond motifs is 1. The number of aromatic nitrogens is 1. The number of para-hydroxylation sites is 1. The number of nitrogens with zero attached hydrogens (tertiary/aromatic N) is 1. The van der Waals surface area contributed by atoms with E-state index in [9.17, 15) is 5.11 Å². The first kappa shape index (κ1) is 15.6. The SMILES string of the molecule is Cc1cccc(Oc2c(CC(N)CO)c3ccccc3n2C)c1. The van der Waals surface area contributed by atoms with Gasteiger partial charge in [-0.15, -0.1) is 0 Å². The molecule has 0 bridgehead atoms. The summed E-state index contributed by atoms with van der Waals surface area (Å²) in [4.78, 5) is 0. The van der Waals surface area contributed by atoms with Crippen LogP contribution in [0.2, 0.25) is 0 Å². The molecule has 4 nitrogen and oxygen atoms in total. The van der Waals surface area contributed by atoms with Crippen molar-refractivity contribution in [1.82, 2.24) is 4.57 Å². The maximum Gasteiger partial charge on any atom is 0.204 e. The fourth-order valence-electron chi connectivity index (χ4n) is 2.89. The lowest BCUT2D eigenvalue weighted by Crippen LogP contribution is -2.26. The van der Waals surface area contributed by atoms with Crippen LogP contribution in [0.3, 0.4) is 0 Å². The summed E-state index contributed by atoms with van der Waals surface area (Å²) in [6.45, 7) is 1.99. The van der Waals surface area contributed by atoms with Gasteiger partial charge in [-0.25, -0.2) is 0 Å². The van der Waals surface area contributed by atoms with E-state index in [0.717, 1.165) is 33.7 Å². The quantitative estimate of drug-likeness (QED) is 0.761. The number of hydrogen-bond donors (Lipinski definition) is 2. The second kappa shape index (κ2) is 6.44. The van der Waals surface area contributed by atoms with E-state index < -0.39 is 0 Å². The Balaban J connectivity index is 2.10. The molecule has 1 aromatic heterocycles. The van der Waals surface area contributed by atoms with Crippen LogP contribution in [0.15, 0.2) is 48.5 Å². The first-order valence-corrected chi connectivity index (χ1v) is 7.77. The largest absolute Gasteiger partial charge is 0.441 e. The minimum Gasteiger partial charge on any atom is -0.441 e. The molecule has 0 spiro atoms. The van der Waals surface area contributed by atoms with E-state index in [2.05, 4.69) is 12.1 Å². The monoisotopic (exact) mass is 310 g/mol. The highest BCUT2D eigenvalue weighted by atomic mass is 16.5. The van der Waals surface area contributed by atoms with Crippen LogP contribution >= 0.6 is 0 Å². The Hall–Kier alpha value is -2.30.